The number of pyridine rings is 1. The molecule has 4 aliphatic rings. The zero-order chi connectivity index (χ0) is 34.6. The second-order valence-corrected chi connectivity index (χ2v) is 15.1. The summed E-state index contributed by atoms with van der Waals surface area (Å²) in [6.07, 6.45) is -2.80. The Kier molecular flexibility index (Phi) is 7.58. The van der Waals surface area contributed by atoms with E-state index >= 15 is 0 Å². The van der Waals surface area contributed by atoms with Gasteiger partial charge in [0.05, 0.1) is 34.6 Å². The molecule has 0 bridgehead atoms. The van der Waals surface area contributed by atoms with E-state index < -0.39 is 48.6 Å². The zero-order valence-corrected chi connectivity index (χ0v) is 28.9. The summed E-state index contributed by atoms with van der Waals surface area (Å²) in [6.45, 7) is 19.9. The van der Waals surface area contributed by atoms with Crippen LogP contribution in [0.5, 0.6) is 11.5 Å². The number of benzene rings is 1. The van der Waals surface area contributed by atoms with E-state index in [9.17, 15) is 13.2 Å². The maximum absolute atomic E-state index is 13.4. The predicted molar refractivity (Wildman–Crippen MR) is 174 cm³/mol. The van der Waals surface area contributed by atoms with Gasteiger partial charge in [-0.2, -0.15) is 13.2 Å². The van der Waals surface area contributed by atoms with Gasteiger partial charge in [-0.25, -0.2) is 4.98 Å². The van der Waals surface area contributed by atoms with Crippen LogP contribution in [-0.4, -0.2) is 80.9 Å². The van der Waals surface area contributed by atoms with Gasteiger partial charge in [-0.15, -0.1) is 10.2 Å². The third-order valence-corrected chi connectivity index (χ3v) is 10.7. The Morgan fingerprint density at radius 3 is 2.04 bits per heavy atom. The van der Waals surface area contributed by atoms with E-state index in [0.29, 0.717) is 42.8 Å². The largest absolute Gasteiger partial charge is 0.496 e. The Balaban J connectivity index is 1.20. The highest BCUT2D eigenvalue weighted by Gasteiger charge is 2.53. The fourth-order valence-electron chi connectivity index (χ4n) is 6.35. The molecule has 2 saturated heterocycles. The number of hydrogen-bond donors (Lipinski definition) is 0. The molecule has 0 unspecified atom stereocenters. The molecule has 256 valence electrons. The minimum absolute atomic E-state index is 0.152. The van der Waals surface area contributed by atoms with Gasteiger partial charge in [-0.05, 0) is 91.5 Å². The summed E-state index contributed by atoms with van der Waals surface area (Å²) in [6, 6.07) is 5.91. The van der Waals surface area contributed by atoms with E-state index in [0.717, 1.165) is 26.7 Å². The van der Waals surface area contributed by atoms with E-state index in [2.05, 4.69) is 20.0 Å². The first-order chi connectivity index (χ1) is 22.3. The van der Waals surface area contributed by atoms with Gasteiger partial charge < -0.3 is 32.8 Å². The molecule has 0 aliphatic carbocycles. The van der Waals surface area contributed by atoms with Crippen molar-refractivity contribution >= 4 is 36.7 Å². The van der Waals surface area contributed by atoms with Crippen LogP contribution in [0, 0.1) is 6.92 Å². The number of fused-ring (bicyclic) bond motifs is 3. The topological polar surface area (TPSA) is 96.2 Å². The van der Waals surface area contributed by atoms with Crippen molar-refractivity contribution in [2.24, 2.45) is 0 Å². The maximum Gasteiger partial charge on any atom is 0.496 e. The number of anilines is 2. The molecule has 48 heavy (non-hydrogen) atoms. The molecule has 16 heteroatoms. The van der Waals surface area contributed by atoms with Crippen molar-refractivity contribution in [3.8, 4) is 11.5 Å². The molecular weight excluding hydrogens is 627 g/mol. The molecule has 11 nitrogen and oxygen atoms in total. The lowest BCUT2D eigenvalue weighted by Gasteiger charge is -2.35. The third-order valence-electron chi connectivity index (χ3n) is 10.7. The summed E-state index contributed by atoms with van der Waals surface area (Å²) in [5.74, 6) is 1.10. The Hall–Kier alpha value is -3.17. The zero-order valence-electron chi connectivity index (χ0n) is 28.9. The van der Waals surface area contributed by atoms with E-state index in [4.69, 9.17) is 28.3 Å². The first kappa shape index (κ1) is 33.3. The molecule has 0 radical (unpaired) electrons. The standard InChI is InChI=1S/C32H41B2F3N6O5/c1-19-14-22-23(16-21(19)34-47-30(6,7)31(8,9)48-34)44-24-15-20(33-45-28(2,3)29(4,5)46-33)17-38-26(24)42(22)12-10-41-11-13-43-25(18-41)39-40-27(43)32(35,36)37/h14-17H,10-13,18H2,1-9H3. The first-order valence-corrected chi connectivity index (χ1v) is 16.3. The lowest BCUT2D eigenvalue weighted by atomic mass is 9.75. The Morgan fingerprint density at radius 1 is 0.792 bits per heavy atom. The average Bonchev–Trinajstić information content (AvgIpc) is 3.57. The van der Waals surface area contributed by atoms with Crippen LogP contribution >= 0.6 is 0 Å². The van der Waals surface area contributed by atoms with Crippen molar-refractivity contribution < 1.29 is 36.5 Å². The molecule has 2 fully saturated rings. The van der Waals surface area contributed by atoms with Gasteiger partial charge in [0.2, 0.25) is 5.82 Å². The van der Waals surface area contributed by atoms with E-state index in [1.54, 1.807) is 6.20 Å². The van der Waals surface area contributed by atoms with Gasteiger partial charge >= 0.3 is 20.4 Å². The van der Waals surface area contributed by atoms with Gasteiger partial charge in [0.25, 0.3) is 0 Å². The van der Waals surface area contributed by atoms with E-state index in [1.807, 2.05) is 80.5 Å². The van der Waals surface area contributed by atoms with Gasteiger partial charge in [-0.1, -0.05) is 0 Å². The molecule has 0 saturated carbocycles. The van der Waals surface area contributed by atoms with Crippen LogP contribution in [0.15, 0.2) is 24.4 Å². The average molecular weight is 668 g/mol. The molecule has 4 aliphatic heterocycles. The van der Waals surface area contributed by atoms with Crippen LogP contribution in [0.1, 0.15) is 72.6 Å². The van der Waals surface area contributed by atoms with Crippen LogP contribution in [-0.2, 0) is 37.9 Å². The molecule has 7 rings (SSSR count). The first-order valence-electron chi connectivity index (χ1n) is 16.3. The number of hydrogen-bond acceptors (Lipinski definition) is 10. The minimum Gasteiger partial charge on any atom is -0.451 e. The fourth-order valence-corrected chi connectivity index (χ4v) is 6.35. The van der Waals surface area contributed by atoms with E-state index in [-0.39, 0.29) is 13.1 Å². The van der Waals surface area contributed by atoms with Crippen molar-refractivity contribution in [1.82, 2.24) is 24.6 Å². The second kappa shape index (κ2) is 10.9. The molecule has 6 heterocycles. The van der Waals surface area contributed by atoms with Gasteiger partial charge in [0.15, 0.2) is 17.3 Å². The summed E-state index contributed by atoms with van der Waals surface area (Å²) in [4.78, 5) is 9.02. The Labute approximate surface area is 279 Å². The number of aryl methyl sites for hydroxylation is 1. The highest BCUT2D eigenvalue weighted by molar-refractivity contribution is 6.63. The molecule has 3 aromatic rings. The lowest BCUT2D eigenvalue weighted by Crippen LogP contribution is -2.41. The summed E-state index contributed by atoms with van der Waals surface area (Å²) in [7, 11) is -1.21. The van der Waals surface area contributed by atoms with Crippen molar-refractivity contribution in [3.63, 3.8) is 0 Å². The van der Waals surface area contributed by atoms with Crippen molar-refractivity contribution in [1.29, 1.82) is 0 Å². The summed E-state index contributed by atoms with van der Waals surface area (Å²) < 4.78 is 73.4. The molecule has 0 amide bonds. The quantitative estimate of drug-likeness (QED) is 0.365. The molecule has 0 spiro atoms. The summed E-state index contributed by atoms with van der Waals surface area (Å²) >= 11 is 0. The lowest BCUT2D eigenvalue weighted by molar-refractivity contribution is -0.148. The normalized spacial score (nSPS) is 22.4. The number of rotatable bonds is 5. The van der Waals surface area contributed by atoms with E-state index in [1.165, 1.54) is 0 Å². The highest BCUT2D eigenvalue weighted by Crippen LogP contribution is 2.46. The van der Waals surface area contributed by atoms with Crippen molar-refractivity contribution in [2.45, 2.75) is 104 Å². The molecule has 0 atom stereocenters. The third kappa shape index (κ3) is 5.49. The minimum atomic E-state index is -4.55. The van der Waals surface area contributed by atoms with Crippen molar-refractivity contribution in [2.75, 3.05) is 24.5 Å². The Bertz CT molecular complexity index is 1730. The fraction of sp³-hybridized carbons (Fsp3) is 0.594. The smallest absolute Gasteiger partial charge is 0.451 e. The van der Waals surface area contributed by atoms with Gasteiger partial charge in [-0.3, -0.25) is 4.90 Å². The number of alkyl halides is 3. The number of aromatic nitrogens is 4. The van der Waals surface area contributed by atoms with Gasteiger partial charge in [0, 0.05) is 37.8 Å². The number of ether oxygens (including phenoxy) is 1. The van der Waals surface area contributed by atoms with Crippen molar-refractivity contribution in [3.05, 3.63) is 41.6 Å². The molecule has 2 aromatic heterocycles. The maximum atomic E-state index is 13.4. The summed E-state index contributed by atoms with van der Waals surface area (Å²) in [5, 5.41) is 7.27. The monoisotopic (exact) mass is 668 g/mol. The Morgan fingerprint density at radius 2 is 1.42 bits per heavy atom. The number of halogens is 3. The van der Waals surface area contributed by atoms with Crippen LogP contribution in [0.4, 0.5) is 24.7 Å². The van der Waals surface area contributed by atoms with Gasteiger partial charge in [0.1, 0.15) is 5.82 Å². The predicted octanol–water partition coefficient (Wildman–Crippen LogP) is 4.36. The SMILES string of the molecule is Cc1cc2c(cc1B1OC(C)(C)C(C)(C)O1)Oc1cc(B3OC(C)(C)C(C)(C)O3)cnc1N2CCN1CCn2c(nnc2C(F)(F)F)C1. The van der Waals surface area contributed by atoms with Crippen LogP contribution in [0.2, 0.25) is 0 Å². The molecule has 0 N–H and O–H groups in total. The second-order valence-electron chi connectivity index (χ2n) is 15.1. The molecule has 1 aromatic carbocycles. The highest BCUT2D eigenvalue weighted by atomic mass is 19.4. The molecular formula is C32H41B2F3N6O5. The number of nitrogens with zero attached hydrogens (tertiary/aromatic N) is 6. The van der Waals surface area contributed by atoms with Crippen LogP contribution in [0.3, 0.4) is 0 Å². The summed E-state index contributed by atoms with van der Waals surface area (Å²) in [5.41, 5.74) is 1.29. The van der Waals surface area contributed by atoms with Crippen LogP contribution in [0.25, 0.3) is 0 Å². The van der Waals surface area contributed by atoms with Crippen LogP contribution < -0.4 is 20.6 Å².